The molecule has 1 amide bonds. The number of hydrogen-bond donors (Lipinski definition) is 2. The van der Waals surface area contributed by atoms with Crippen LogP contribution in [0.1, 0.15) is 115 Å². The van der Waals surface area contributed by atoms with Crippen molar-refractivity contribution >= 4 is 22.9 Å². The second-order valence-corrected chi connectivity index (χ2v) is 11.4. The molecule has 4 rings (SSSR count). The smallest absolute Gasteiger partial charge is 0.359 e. The Kier molecular flexibility index (Phi) is 12.6. The fourth-order valence-electron chi connectivity index (χ4n) is 5.13. The molecule has 0 bridgehead atoms. The lowest BCUT2D eigenvalue weighted by Crippen LogP contribution is -2.15. The normalized spacial score (nSPS) is 15.3. The van der Waals surface area contributed by atoms with Gasteiger partial charge in [-0.1, -0.05) is 83.1 Å². The van der Waals surface area contributed by atoms with Gasteiger partial charge in [-0.05, 0) is 92.3 Å². The number of amides is 1. The third-order valence-corrected chi connectivity index (χ3v) is 7.90. The summed E-state index contributed by atoms with van der Waals surface area (Å²) in [6.07, 6.45) is 10.1. The summed E-state index contributed by atoms with van der Waals surface area (Å²) in [5.41, 5.74) is 6.33. The van der Waals surface area contributed by atoms with Gasteiger partial charge in [0, 0.05) is 23.1 Å². The van der Waals surface area contributed by atoms with Crippen LogP contribution in [0.4, 0.5) is 24.5 Å². The van der Waals surface area contributed by atoms with E-state index in [2.05, 4.69) is 44.4 Å². The molecule has 224 valence electrons. The summed E-state index contributed by atoms with van der Waals surface area (Å²) in [5.74, 6) is 0.221. The van der Waals surface area contributed by atoms with Crippen molar-refractivity contribution in [3.63, 3.8) is 0 Å². The van der Waals surface area contributed by atoms with Crippen molar-refractivity contribution in [2.75, 3.05) is 10.6 Å². The van der Waals surface area contributed by atoms with Crippen LogP contribution in [0.5, 0.6) is 0 Å². The van der Waals surface area contributed by atoms with Crippen molar-refractivity contribution in [1.29, 1.82) is 0 Å². The molecule has 2 saturated carbocycles. The van der Waals surface area contributed by atoms with Gasteiger partial charge in [-0.15, -0.1) is 0 Å². The molecule has 41 heavy (non-hydrogen) atoms. The van der Waals surface area contributed by atoms with Crippen LogP contribution in [0.2, 0.25) is 0 Å². The minimum Gasteiger partial charge on any atom is -0.359 e. The van der Waals surface area contributed by atoms with Crippen LogP contribution in [-0.4, -0.2) is 5.91 Å². The summed E-state index contributed by atoms with van der Waals surface area (Å²) in [7, 11) is 0. The van der Waals surface area contributed by atoms with Gasteiger partial charge in [0.25, 0.3) is 0 Å². The molecule has 0 atom stereocenters. The molecular formula is C35H47F3N2O. The average molecular weight is 569 g/mol. The maximum absolute atomic E-state index is 13.3. The predicted octanol–water partition coefficient (Wildman–Crippen LogP) is 10.9. The van der Waals surface area contributed by atoms with Gasteiger partial charge in [0.05, 0.1) is 5.56 Å². The van der Waals surface area contributed by atoms with E-state index in [4.69, 9.17) is 0 Å². The van der Waals surface area contributed by atoms with Crippen molar-refractivity contribution in [3.05, 3.63) is 76.5 Å². The summed E-state index contributed by atoms with van der Waals surface area (Å²) in [4.78, 5) is 13.3. The first-order valence-electron chi connectivity index (χ1n) is 15.4. The van der Waals surface area contributed by atoms with Crippen molar-refractivity contribution < 1.29 is 18.0 Å². The van der Waals surface area contributed by atoms with Gasteiger partial charge in [0.1, 0.15) is 0 Å². The van der Waals surface area contributed by atoms with Crippen LogP contribution in [0.15, 0.2) is 59.8 Å². The number of nitrogens with one attached hydrogen (secondary N) is 2. The number of halogens is 3. The van der Waals surface area contributed by atoms with Gasteiger partial charge in [0.15, 0.2) is 0 Å². The maximum atomic E-state index is 13.3. The fraction of sp³-hybridized carbons (Fsp3) is 0.514. The first-order valence-corrected chi connectivity index (χ1v) is 15.4. The second-order valence-electron chi connectivity index (χ2n) is 11.4. The van der Waals surface area contributed by atoms with E-state index in [1.165, 1.54) is 36.2 Å². The summed E-state index contributed by atoms with van der Waals surface area (Å²) < 4.78 is 39.3. The van der Waals surface area contributed by atoms with E-state index in [0.29, 0.717) is 17.9 Å². The molecule has 2 aliphatic carbocycles. The number of alkyl halides is 3. The molecule has 0 aliphatic heterocycles. The minimum atomic E-state index is -4.38. The molecule has 0 saturated heterocycles. The zero-order valence-corrected chi connectivity index (χ0v) is 25.2. The second kappa shape index (κ2) is 15.8. The molecular weight excluding hydrogens is 521 g/mol. The topological polar surface area (TPSA) is 41.1 Å². The van der Waals surface area contributed by atoms with Gasteiger partial charge >= 0.3 is 6.18 Å². The van der Waals surface area contributed by atoms with E-state index in [9.17, 15) is 18.0 Å². The number of rotatable bonds is 11. The quantitative estimate of drug-likeness (QED) is 0.209. The van der Waals surface area contributed by atoms with Crippen LogP contribution in [0.3, 0.4) is 0 Å². The van der Waals surface area contributed by atoms with Gasteiger partial charge < -0.3 is 10.6 Å². The van der Waals surface area contributed by atoms with Crippen LogP contribution in [-0.2, 0) is 17.4 Å². The fourth-order valence-corrected chi connectivity index (χ4v) is 5.13. The summed E-state index contributed by atoms with van der Waals surface area (Å²) in [6, 6.07) is 11.1. The van der Waals surface area contributed by atoms with Gasteiger partial charge in [0.2, 0.25) is 5.91 Å². The SMILES string of the molecule is CCC.CCCCCc1c(NC(=O)/C=C(\CC2CCC2)c2ccc(C(F)(F)F)cc2)cccc1NC(C)=C1CCC1. The Morgan fingerprint density at radius 1 is 0.927 bits per heavy atom. The lowest BCUT2D eigenvalue weighted by atomic mass is 9.79. The first-order chi connectivity index (χ1) is 19.7. The molecule has 2 N–H and O–H groups in total. The molecule has 2 aliphatic rings. The van der Waals surface area contributed by atoms with Crippen molar-refractivity contribution in [3.8, 4) is 0 Å². The van der Waals surface area contributed by atoms with E-state index < -0.39 is 11.7 Å². The Labute approximate surface area is 244 Å². The number of carbonyl (C=O) groups excluding carboxylic acids is 1. The third-order valence-electron chi connectivity index (χ3n) is 7.90. The molecule has 6 heteroatoms. The lowest BCUT2D eigenvalue weighted by Gasteiger charge is -2.26. The number of hydrogen-bond acceptors (Lipinski definition) is 2. The standard InChI is InChI=1S/C32H39F3N2O.C3H8/c1-3-4-5-13-28-29(36-22(2)24-11-7-12-24)14-8-15-30(28)37-31(38)21-26(20-23-9-6-10-23)25-16-18-27(19-17-25)32(33,34)35;1-3-2/h8,14-19,21,23,36H,3-7,9-13,20H2,1-2H3,(H,37,38);3H2,1-2H3/b26-21+;. The molecule has 0 aromatic heterocycles. The van der Waals surface area contributed by atoms with E-state index in [1.54, 1.807) is 6.08 Å². The summed E-state index contributed by atoms with van der Waals surface area (Å²) in [6.45, 7) is 8.54. The molecule has 0 heterocycles. The van der Waals surface area contributed by atoms with E-state index in [0.717, 1.165) is 92.4 Å². The van der Waals surface area contributed by atoms with E-state index in [1.807, 2.05) is 12.1 Å². The van der Waals surface area contributed by atoms with Crippen molar-refractivity contribution in [1.82, 2.24) is 0 Å². The Balaban J connectivity index is 0.00000147. The van der Waals surface area contributed by atoms with Crippen molar-refractivity contribution in [2.45, 2.75) is 111 Å². The molecule has 3 nitrogen and oxygen atoms in total. The van der Waals surface area contributed by atoms with Crippen LogP contribution in [0.25, 0.3) is 5.57 Å². The lowest BCUT2D eigenvalue weighted by molar-refractivity contribution is -0.137. The largest absolute Gasteiger partial charge is 0.416 e. The first kappa shape index (κ1) is 32.5. The zero-order chi connectivity index (χ0) is 29.8. The Bertz CT molecular complexity index is 1180. The molecule has 2 aromatic carbocycles. The van der Waals surface area contributed by atoms with Gasteiger partial charge in [-0.2, -0.15) is 13.2 Å². The zero-order valence-electron chi connectivity index (χ0n) is 25.2. The van der Waals surface area contributed by atoms with Gasteiger partial charge in [-0.3, -0.25) is 4.79 Å². The molecule has 0 unspecified atom stereocenters. The van der Waals surface area contributed by atoms with E-state index >= 15 is 0 Å². The highest BCUT2D eigenvalue weighted by Gasteiger charge is 2.30. The van der Waals surface area contributed by atoms with Crippen molar-refractivity contribution in [2.24, 2.45) is 5.92 Å². The summed E-state index contributed by atoms with van der Waals surface area (Å²) in [5, 5.41) is 6.70. The highest BCUT2D eigenvalue weighted by Crippen LogP contribution is 2.37. The molecule has 0 radical (unpaired) electrons. The number of carbonyl (C=O) groups is 1. The molecule has 2 aromatic rings. The van der Waals surface area contributed by atoms with Gasteiger partial charge in [-0.25, -0.2) is 0 Å². The minimum absolute atomic E-state index is 0.248. The van der Waals surface area contributed by atoms with E-state index in [-0.39, 0.29) is 5.91 Å². The van der Waals surface area contributed by atoms with Crippen LogP contribution in [0, 0.1) is 5.92 Å². The average Bonchev–Trinajstić information content (AvgIpc) is 2.86. The third kappa shape index (κ3) is 9.79. The summed E-state index contributed by atoms with van der Waals surface area (Å²) >= 11 is 0. The maximum Gasteiger partial charge on any atom is 0.416 e. The highest BCUT2D eigenvalue weighted by molar-refractivity contribution is 6.04. The highest BCUT2D eigenvalue weighted by atomic mass is 19.4. The number of allylic oxidation sites excluding steroid dienone is 3. The number of benzene rings is 2. The Morgan fingerprint density at radius 3 is 2.07 bits per heavy atom. The predicted molar refractivity (Wildman–Crippen MR) is 166 cm³/mol. The van der Waals surface area contributed by atoms with Crippen LogP contribution >= 0.6 is 0 Å². The number of unbranched alkanes of at least 4 members (excludes halogenated alkanes) is 2. The number of anilines is 2. The molecule has 2 fully saturated rings. The molecule has 0 spiro atoms. The Morgan fingerprint density at radius 2 is 1.56 bits per heavy atom. The Hall–Kier alpha value is -3.02. The monoisotopic (exact) mass is 568 g/mol. The van der Waals surface area contributed by atoms with Crippen LogP contribution < -0.4 is 10.6 Å².